The third-order valence-corrected chi connectivity index (χ3v) is 13.2. The first kappa shape index (κ1) is 42.6. The zero-order chi connectivity index (χ0) is 46.7. The van der Waals surface area contributed by atoms with Crippen molar-refractivity contribution in [1.82, 2.24) is 9.55 Å². The molecule has 8 aromatic carbocycles. The largest absolute Gasteiger partial charge is 0.457 e. The molecule has 0 fully saturated rings. The van der Waals surface area contributed by atoms with Gasteiger partial charge in [-0.3, -0.25) is 4.57 Å². The first-order valence-electron chi connectivity index (χ1n) is 23.2. The summed E-state index contributed by atoms with van der Waals surface area (Å²) in [5, 5.41) is 2.26. The van der Waals surface area contributed by atoms with Crippen LogP contribution >= 0.6 is 0 Å². The number of pyridine rings is 1. The van der Waals surface area contributed by atoms with Crippen molar-refractivity contribution in [2.45, 2.75) is 46.0 Å². The van der Waals surface area contributed by atoms with Gasteiger partial charge < -0.3 is 14.5 Å². The Morgan fingerprint density at radius 1 is 0.529 bits per heavy atom. The molecule has 0 aliphatic carbocycles. The van der Waals surface area contributed by atoms with Crippen molar-refractivity contribution in [1.29, 1.82) is 0 Å². The van der Waals surface area contributed by atoms with Gasteiger partial charge in [0.15, 0.2) is 0 Å². The predicted octanol–water partition coefficient (Wildman–Crippen LogP) is 16.9. The maximum Gasteiger partial charge on any atom is 0.137 e. The molecule has 334 valence electrons. The lowest BCUT2D eigenvalue weighted by atomic mass is 9.88. The lowest BCUT2D eigenvalue weighted by Crippen LogP contribution is -2.25. The molecule has 0 saturated heterocycles. The van der Waals surface area contributed by atoms with E-state index >= 15 is 0 Å². The van der Waals surface area contributed by atoms with Crippen molar-refractivity contribution >= 4 is 44.6 Å². The van der Waals surface area contributed by atoms with Gasteiger partial charge >= 0.3 is 0 Å². The minimum Gasteiger partial charge on any atom is -0.457 e. The molecule has 0 atom stereocenters. The Balaban J connectivity index is 1.06. The summed E-state index contributed by atoms with van der Waals surface area (Å²) in [6.07, 6.45) is 1.90. The van der Waals surface area contributed by atoms with Crippen LogP contribution in [0.4, 0.5) is 31.5 Å². The molecular formula is C61H50F2N4O. The van der Waals surface area contributed by atoms with Crippen LogP contribution in [0, 0.1) is 11.6 Å². The molecule has 0 saturated carbocycles. The Bertz CT molecular complexity index is 3450. The molecule has 0 radical (unpaired) electrons. The van der Waals surface area contributed by atoms with Gasteiger partial charge in [0, 0.05) is 45.9 Å². The summed E-state index contributed by atoms with van der Waals surface area (Å²) < 4.78 is 38.1. The minimum atomic E-state index is -0.301. The molecule has 1 aliphatic heterocycles. The van der Waals surface area contributed by atoms with Crippen LogP contribution in [0.25, 0.3) is 61.0 Å². The van der Waals surface area contributed by atoms with E-state index in [0.717, 1.165) is 83.8 Å². The minimum absolute atomic E-state index is 0.0502. The summed E-state index contributed by atoms with van der Waals surface area (Å²) in [7, 11) is 0. The number of aromatic nitrogens is 2. The van der Waals surface area contributed by atoms with Crippen LogP contribution in [0.5, 0.6) is 11.5 Å². The van der Waals surface area contributed by atoms with Crippen LogP contribution in [0.1, 0.15) is 51.7 Å². The normalized spacial score (nSPS) is 12.6. The Morgan fingerprint density at radius 2 is 1.15 bits per heavy atom. The molecule has 5 nitrogen and oxygen atoms in total. The van der Waals surface area contributed by atoms with Gasteiger partial charge in [-0.2, -0.15) is 0 Å². The Hall–Kier alpha value is -8.03. The molecule has 0 amide bonds. The highest BCUT2D eigenvalue weighted by Gasteiger charge is 2.32. The lowest BCUT2D eigenvalue weighted by Gasteiger charge is -2.27. The van der Waals surface area contributed by atoms with E-state index in [0.29, 0.717) is 18.2 Å². The van der Waals surface area contributed by atoms with E-state index in [9.17, 15) is 8.78 Å². The molecule has 2 aromatic heterocycles. The highest BCUT2D eigenvalue weighted by Crippen LogP contribution is 2.51. The molecule has 0 N–H and O–H groups in total. The number of anilines is 4. The van der Waals surface area contributed by atoms with Gasteiger partial charge in [-0.25, -0.2) is 13.8 Å². The number of nitrogens with zero attached hydrogens (tertiary/aromatic N) is 4. The Labute approximate surface area is 396 Å². The summed E-state index contributed by atoms with van der Waals surface area (Å²) in [5.41, 5.74) is 14.2. The summed E-state index contributed by atoms with van der Waals surface area (Å²) in [4.78, 5) is 9.56. The van der Waals surface area contributed by atoms with Gasteiger partial charge in [0.2, 0.25) is 0 Å². The molecule has 68 heavy (non-hydrogen) atoms. The average Bonchev–Trinajstić information content (AvgIpc) is 3.90. The van der Waals surface area contributed by atoms with E-state index in [1.807, 2.05) is 36.5 Å². The SMILES string of the molecule is CC(C)c1ccccc1-c1cc(Oc2ccc3c4ccccc4n(-c4cc(C(C)(C)C)ccn4)c3c2)cc(N2CN(c3c(-c4ccc(F)cc4)cccc3-c3ccc(F)cc3)c3ccccc32)c1. The van der Waals surface area contributed by atoms with Crippen molar-refractivity contribution in [2.24, 2.45) is 0 Å². The third kappa shape index (κ3) is 7.73. The fourth-order valence-electron chi connectivity index (χ4n) is 9.81. The smallest absolute Gasteiger partial charge is 0.137 e. The number of ether oxygens (including phenoxy) is 1. The lowest BCUT2D eigenvalue weighted by molar-refractivity contribution is 0.483. The quantitative estimate of drug-likeness (QED) is 0.145. The van der Waals surface area contributed by atoms with Gasteiger partial charge in [0.1, 0.15) is 35.6 Å². The number of fused-ring (bicyclic) bond motifs is 4. The summed E-state index contributed by atoms with van der Waals surface area (Å²) >= 11 is 0. The van der Waals surface area contributed by atoms with Crippen LogP contribution < -0.4 is 14.5 Å². The molecule has 0 spiro atoms. The molecule has 0 unspecified atom stereocenters. The standard InChI is InChI=1S/C61H50F2N4O/c1-39(2)49-13-6-7-14-50(49)42-33-46(36-48(34-42)68-47-29-30-54-53-15-8-9-18-55(53)67(58(54)37-47)59-35-43(31-32-64-59)61(3,4)5)65-38-66(57-20-11-10-19-56(57)65)60-51(40-21-25-44(62)26-22-40)16-12-17-52(60)41-23-27-45(63)28-24-41/h6-37,39H,38H2,1-5H3. The average molecular weight is 893 g/mol. The van der Waals surface area contributed by atoms with Crippen LogP contribution in [-0.2, 0) is 5.41 Å². The van der Waals surface area contributed by atoms with Crippen molar-refractivity contribution in [3.05, 3.63) is 217 Å². The van der Waals surface area contributed by atoms with Crippen LogP contribution in [0.3, 0.4) is 0 Å². The first-order chi connectivity index (χ1) is 33.0. The molecule has 1 aliphatic rings. The van der Waals surface area contributed by atoms with Gasteiger partial charge in [0.05, 0.1) is 28.1 Å². The van der Waals surface area contributed by atoms with E-state index in [1.165, 1.54) is 35.4 Å². The fraction of sp³-hybridized carbons (Fsp3) is 0.131. The topological polar surface area (TPSA) is 33.5 Å². The zero-order valence-corrected chi connectivity index (χ0v) is 38.7. The van der Waals surface area contributed by atoms with Crippen LogP contribution in [-0.4, -0.2) is 16.2 Å². The van der Waals surface area contributed by atoms with E-state index in [2.05, 4.69) is 182 Å². The summed E-state index contributed by atoms with van der Waals surface area (Å²) in [6.45, 7) is 11.6. The highest BCUT2D eigenvalue weighted by atomic mass is 19.1. The molecular weight excluding hydrogens is 843 g/mol. The van der Waals surface area contributed by atoms with E-state index in [1.54, 1.807) is 0 Å². The number of halogens is 2. The number of rotatable bonds is 9. The van der Waals surface area contributed by atoms with Crippen molar-refractivity contribution in [3.63, 3.8) is 0 Å². The monoisotopic (exact) mass is 892 g/mol. The van der Waals surface area contributed by atoms with Crippen molar-refractivity contribution in [2.75, 3.05) is 16.5 Å². The van der Waals surface area contributed by atoms with E-state index in [-0.39, 0.29) is 23.0 Å². The van der Waals surface area contributed by atoms with Crippen molar-refractivity contribution in [3.8, 4) is 50.7 Å². The second kappa shape index (κ2) is 17.0. The molecule has 7 heteroatoms. The highest BCUT2D eigenvalue weighted by molar-refractivity contribution is 6.09. The second-order valence-corrected chi connectivity index (χ2v) is 18.9. The molecule has 10 aromatic rings. The van der Waals surface area contributed by atoms with E-state index < -0.39 is 0 Å². The second-order valence-electron chi connectivity index (χ2n) is 18.9. The first-order valence-corrected chi connectivity index (χ1v) is 23.2. The van der Waals surface area contributed by atoms with Crippen LogP contribution in [0.2, 0.25) is 0 Å². The zero-order valence-electron chi connectivity index (χ0n) is 38.7. The maximum absolute atomic E-state index is 14.4. The number of hydrogen-bond acceptors (Lipinski definition) is 4. The maximum atomic E-state index is 14.4. The molecule has 11 rings (SSSR count). The van der Waals surface area contributed by atoms with Gasteiger partial charge in [-0.05, 0) is 124 Å². The third-order valence-electron chi connectivity index (χ3n) is 13.2. The summed E-state index contributed by atoms with van der Waals surface area (Å²) in [5.74, 6) is 1.94. The Morgan fingerprint density at radius 3 is 1.84 bits per heavy atom. The van der Waals surface area contributed by atoms with Crippen LogP contribution in [0.15, 0.2) is 194 Å². The van der Waals surface area contributed by atoms with Gasteiger partial charge in [-0.1, -0.05) is 132 Å². The number of para-hydroxylation sites is 4. The predicted molar refractivity (Wildman–Crippen MR) is 276 cm³/mol. The van der Waals surface area contributed by atoms with Gasteiger partial charge in [0.25, 0.3) is 0 Å². The number of hydrogen-bond donors (Lipinski definition) is 0. The van der Waals surface area contributed by atoms with Gasteiger partial charge in [-0.15, -0.1) is 0 Å². The number of benzene rings is 8. The van der Waals surface area contributed by atoms with Crippen molar-refractivity contribution < 1.29 is 13.5 Å². The van der Waals surface area contributed by atoms with E-state index in [4.69, 9.17) is 9.72 Å². The molecule has 0 bridgehead atoms. The summed E-state index contributed by atoms with van der Waals surface area (Å²) in [6, 6.07) is 62.1. The fourth-order valence-corrected chi connectivity index (χ4v) is 9.81. The molecule has 3 heterocycles. The Kier molecular flexibility index (Phi) is 10.6.